The Balaban J connectivity index is 3.64. The molecule has 0 radical (unpaired) electrons. The molecule has 0 aromatic carbocycles. The normalized spacial score (nSPS) is 13.7. The molecule has 0 aromatic heterocycles. The van der Waals surface area contributed by atoms with Crippen LogP contribution in [0.5, 0.6) is 0 Å². The molecule has 1 unspecified atom stereocenters. The standard InChI is InChI=1S/C10H23N3O3S/c1-8(2)13-10(14)9(3)11-6-5-7-12-17(4,15)16/h8-9,11-12H,5-7H2,1-4H3,(H,13,14). The van der Waals surface area contributed by atoms with Crippen LogP contribution in [0.1, 0.15) is 27.2 Å². The lowest BCUT2D eigenvalue weighted by atomic mass is 10.2. The van der Waals surface area contributed by atoms with E-state index in [2.05, 4.69) is 15.4 Å². The van der Waals surface area contributed by atoms with Crippen LogP contribution in [-0.4, -0.2) is 45.8 Å². The van der Waals surface area contributed by atoms with Gasteiger partial charge in [-0.1, -0.05) is 0 Å². The SMILES string of the molecule is CC(C)NC(=O)C(C)NCCCNS(C)(=O)=O. The molecule has 102 valence electrons. The monoisotopic (exact) mass is 265 g/mol. The molecule has 0 aromatic rings. The van der Waals surface area contributed by atoms with Crippen molar-refractivity contribution in [2.75, 3.05) is 19.3 Å². The zero-order valence-electron chi connectivity index (χ0n) is 10.9. The average Bonchev–Trinajstić information content (AvgIpc) is 2.13. The molecule has 0 aliphatic rings. The van der Waals surface area contributed by atoms with Crippen molar-refractivity contribution in [2.24, 2.45) is 0 Å². The van der Waals surface area contributed by atoms with Gasteiger partial charge < -0.3 is 10.6 Å². The van der Waals surface area contributed by atoms with Crippen LogP contribution in [0.3, 0.4) is 0 Å². The summed E-state index contributed by atoms with van der Waals surface area (Å²) in [5.41, 5.74) is 0. The van der Waals surface area contributed by atoms with Crippen molar-refractivity contribution in [3.63, 3.8) is 0 Å². The van der Waals surface area contributed by atoms with E-state index in [1.807, 2.05) is 13.8 Å². The molecule has 1 atom stereocenters. The number of carbonyl (C=O) groups excluding carboxylic acids is 1. The molecule has 0 rings (SSSR count). The van der Waals surface area contributed by atoms with E-state index in [0.29, 0.717) is 19.5 Å². The lowest BCUT2D eigenvalue weighted by molar-refractivity contribution is -0.123. The third kappa shape index (κ3) is 10.2. The Hall–Kier alpha value is -0.660. The molecular weight excluding hydrogens is 242 g/mol. The van der Waals surface area contributed by atoms with Gasteiger partial charge in [-0.3, -0.25) is 4.79 Å². The van der Waals surface area contributed by atoms with Crippen LogP contribution in [0.4, 0.5) is 0 Å². The second-order valence-corrected chi connectivity index (χ2v) is 6.19. The molecule has 17 heavy (non-hydrogen) atoms. The van der Waals surface area contributed by atoms with E-state index in [1.54, 1.807) is 6.92 Å². The third-order valence-corrected chi connectivity index (χ3v) is 2.72. The first-order valence-electron chi connectivity index (χ1n) is 5.71. The van der Waals surface area contributed by atoms with Crippen LogP contribution in [0.2, 0.25) is 0 Å². The van der Waals surface area contributed by atoms with Gasteiger partial charge >= 0.3 is 0 Å². The van der Waals surface area contributed by atoms with Crippen molar-refractivity contribution in [2.45, 2.75) is 39.3 Å². The summed E-state index contributed by atoms with van der Waals surface area (Å²) >= 11 is 0. The van der Waals surface area contributed by atoms with Gasteiger partial charge in [0.1, 0.15) is 0 Å². The van der Waals surface area contributed by atoms with E-state index in [0.717, 1.165) is 6.26 Å². The first-order valence-corrected chi connectivity index (χ1v) is 7.60. The molecule has 0 bridgehead atoms. The lowest BCUT2D eigenvalue weighted by Gasteiger charge is -2.15. The van der Waals surface area contributed by atoms with Gasteiger partial charge in [0.15, 0.2) is 0 Å². The zero-order valence-corrected chi connectivity index (χ0v) is 11.7. The lowest BCUT2D eigenvalue weighted by Crippen LogP contribution is -2.45. The summed E-state index contributed by atoms with van der Waals surface area (Å²) < 4.78 is 23.9. The molecule has 0 saturated carbocycles. The molecule has 0 aliphatic carbocycles. The van der Waals surface area contributed by atoms with Crippen molar-refractivity contribution < 1.29 is 13.2 Å². The summed E-state index contributed by atoms with van der Waals surface area (Å²) in [4.78, 5) is 11.5. The summed E-state index contributed by atoms with van der Waals surface area (Å²) in [5.74, 6) is -0.0453. The van der Waals surface area contributed by atoms with Crippen molar-refractivity contribution >= 4 is 15.9 Å². The minimum absolute atomic E-state index is 0.0453. The minimum Gasteiger partial charge on any atom is -0.353 e. The van der Waals surface area contributed by atoms with Crippen LogP contribution >= 0.6 is 0 Å². The molecule has 6 nitrogen and oxygen atoms in total. The molecule has 0 saturated heterocycles. The first kappa shape index (κ1) is 16.3. The van der Waals surface area contributed by atoms with E-state index in [4.69, 9.17) is 0 Å². The maximum absolute atomic E-state index is 11.5. The van der Waals surface area contributed by atoms with Gasteiger partial charge in [-0.15, -0.1) is 0 Å². The molecule has 3 N–H and O–H groups in total. The number of hydrogen-bond acceptors (Lipinski definition) is 4. The number of sulfonamides is 1. The quantitative estimate of drug-likeness (QED) is 0.513. The fraction of sp³-hybridized carbons (Fsp3) is 0.900. The Bertz CT molecular complexity index is 328. The van der Waals surface area contributed by atoms with E-state index in [-0.39, 0.29) is 18.0 Å². The van der Waals surface area contributed by atoms with Crippen molar-refractivity contribution in [1.29, 1.82) is 0 Å². The number of nitrogens with one attached hydrogen (secondary N) is 3. The van der Waals surface area contributed by atoms with Crippen molar-refractivity contribution in [3.8, 4) is 0 Å². The fourth-order valence-electron chi connectivity index (χ4n) is 1.17. The maximum atomic E-state index is 11.5. The van der Waals surface area contributed by atoms with Gasteiger partial charge in [0.05, 0.1) is 12.3 Å². The topological polar surface area (TPSA) is 87.3 Å². The molecule has 0 fully saturated rings. The van der Waals surface area contributed by atoms with E-state index >= 15 is 0 Å². The maximum Gasteiger partial charge on any atom is 0.237 e. The van der Waals surface area contributed by atoms with Gasteiger partial charge in [0.25, 0.3) is 0 Å². The van der Waals surface area contributed by atoms with Crippen LogP contribution in [0, 0.1) is 0 Å². The predicted molar refractivity (Wildman–Crippen MR) is 68.2 cm³/mol. The molecule has 7 heteroatoms. The van der Waals surface area contributed by atoms with Gasteiger partial charge in [0.2, 0.25) is 15.9 Å². The van der Waals surface area contributed by atoms with Gasteiger partial charge in [-0.2, -0.15) is 0 Å². The Morgan fingerprint density at radius 3 is 2.24 bits per heavy atom. The molecule has 0 heterocycles. The Morgan fingerprint density at radius 1 is 1.18 bits per heavy atom. The highest BCUT2D eigenvalue weighted by molar-refractivity contribution is 7.88. The Morgan fingerprint density at radius 2 is 1.76 bits per heavy atom. The number of carbonyl (C=O) groups is 1. The summed E-state index contributed by atoms with van der Waals surface area (Å²) in [6.45, 7) is 6.56. The highest BCUT2D eigenvalue weighted by Gasteiger charge is 2.12. The van der Waals surface area contributed by atoms with Crippen LogP contribution in [-0.2, 0) is 14.8 Å². The van der Waals surface area contributed by atoms with Crippen LogP contribution < -0.4 is 15.4 Å². The largest absolute Gasteiger partial charge is 0.353 e. The van der Waals surface area contributed by atoms with Crippen LogP contribution in [0.15, 0.2) is 0 Å². The highest BCUT2D eigenvalue weighted by Crippen LogP contribution is 1.86. The van der Waals surface area contributed by atoms with Crippen molar-refractivity contribution in [1.82, 2.24) is 15.4 Å². The molecular formula is C10H23N3O3S. The van der Waals surface area contributed by atoms with Gasteiger partial charge in [0, 0.05) is 12.6 Å². The average molecular weight is 265 g/mol. The highest BCUT2D eigenvalue weighted by atomic mass is 32.2. The number of rotatable bonds is 8. The Labute approximate surface area is 104 Å². The third-order valence-electron chi connectivity index (χ3n) is 1.99. The Kier molecular flexibility index (Phi) is 7.33. The second-order valence-electron chi connectivity index (χ2n) is 4.36. The summed E-state index contributed by atoms with van der Waals surface area (Å²) in [7, 11) is -3.11. The smallest absolute Gasteiger partial charge is 0.237 e. The fourth-order valence-corrected chi connectivity index (χ4v) is 1.68. The van der Waals surface area contributed by atoms with Crippen LogP contribution in [0.25, 0.3) is 0 Å². The molecule has 1 amide bonds. The zero-order chi connectivity index (χ0) is 13.5. The first-order chi connectivity index (χ1) is 7.72. The molecule has 0 spiro atoms. The van der Waals surface area contributed by atoms with E-state index in [1.165, 1.54) is 0 Å². The van der Waals surface area contributed by atoms with E-state index in [9.17, 15) is 13.2 Å². The second kappa shape index (κ2) is 7.62. The number of amides is 1. The number of hydrogen-bond donors (Lipinski definition) is 3. The van der Waals surface area contributed by atoms with Gasteiger partial charge in [-0.25, -0.2) is 13.1 Å². The van der Waals surface area contributed by atoms with Gasteiger partial charge in [-0.05, 0) is 33.7 Å². The predicted octanol–water partition coefficient (Wildman–Crippen LogP) is -0.572. The van der Waals surface area contributed by atoms with Crippen molar-refractivity contribution in [3.05, 3.63) is 0 Å². The minimum atomic E-state index is -3.11. The molecule has 0 aliphatic heterocycles. The summed E-state index contributed by atoms with van der Waals surface area (Å²) in [5, 5.41) is 5.82. The summed E-state index contributed by atoms with van der Waals surface area (Å²) in [6.07, 6.45) is 1.77. The summed E-state index contributed by atoms with van der Waals surface area (Å²) in [6, 6.07) is -0.144. The van der Waals surface area contributed by atoms with E-state index < -0.39 is 10.0 Å².